The lowest BCUT2D eigenvalue weighted by Crippen LogP contribution is -2.20. The lowest BCUT2D eigenvalue weighted by molar-refractivity contribution is 0.100. The molecule has 0 saturated carbocycles. The second kappa shape index (κ2) is 14.3. The summed E-state index contributed by atoms with van der Waals surface area (Å²) < 4.78 is 30.9. The lowest BCUT2D eigenvalue weighted by Gasteiger charge is -2.11. The molecule has 2 aromatic carbocycles. The summed E-state index contributed by atoms with van der Waals surface area (Å²) in [7, 11) is -2.97. The Kier molecular flexibility index (Phi) is 11.5. The highest BCUT2D eigenvalue weighted by Gasteiger charge is 2.16. The SMILES string of the molecule is C.Cc1ccc(F)c(NC(=O)Nc2ccc(-c3cc(C(=O)N=S(=O)(CCCO)CCCO)cnc3N)cc2)c1. The molecule has 210 valence electrons. The number of nitrogens with zero attached hydrogens (tertiary/aromatic N) is 2. The highest BCUT2D eigenvalue weighted by molar-refractivity contribution is 7.93. The van der Waals surface area contributed by atoms with Gasteiger partial charge in [-0.15, -0.1) is 0 Å². The number of carbonyl (C=O) groups is 2. The predicted molar refractivity (Wildman–Crippen MR) is 153 cm³/mol. The number of nitrogens with two attached hydrogens (primary N) is 1. The van der Waals surface area contributed by atoms with Crippen molar-refractivity contribution in [2.24, 2.45) is 4.36 Å². The molecule has 0 saturated heterocycles. The number of nitrogens with one attached hydrogen (secondary N) is 2. The fourth-order valence-electron chi connectivity index (χ4n) is 3.55. The molecule has 3 aromatic rings. The van der Waals surface area contributed by atoms with Crippen molar-refractivity contribution in [2.45, 2.75) is 27.2 Å². The van der Waals surface area contributed by atoms with Gasteiger partial charge in [0.15, 0.2) is 0 Å². The summed E-state index contributed by atoms with van der Waals surface area (Å²) in [6.45, 7) is 1.40. The molecule has 10 nitrogen and oxygen atoms in total. The monoisotopic (exact) mass is 559 g/mol. The van der Waals surface area contributed by atoms with Crippen LogP contribution in [0.1, 0.15) is 36.2 Å². The highest BCUT2D eigenvalue weighted by Crippen LogP contribution is 2.27. The molecular weight excluding hydrogens is 525 g/mol. The van der Waals surface area contributed by atoms with Gasteiger partial charge in [0.05, 0.1) is 21.0 Å². The van der Waals surface area contributed by atoms with E-state index in [1.165, 1.54) is 24.4 Å². The number of hydrogen-bond acceptors (Lipinski definition) is 7. The van der Waals surface area contributed by atoms with Crippen LogP contribution in [0.15, 0.2) is 59.1 Å². The standard InChI is InChI=1S/C26H30FN5O5S.CH4/c1-17-4-9-22(27)23(14-17)31-26(36)30-20-7-5-18(6-8-20)21-15-19(16-29-24(21)28)25(35)32-38(37,12-2-10-33)13-3-11-34;/h4-9,14-16,33-34H,2-3,10-13H2,1H3,(H2,28,29)(H2,30,31,36);1H4. The Morgan fingerprint density at radius 1 is 1.03 bits per heavy atom. The summed E-state index contributed by atoms with van der Waals surface area (Å²) in [5.74, 6) is -1.08. The Bertz CT molecular complexity index is 1410. The molecule has 0 aliphatic rings. The van der Waals surface area contributed by atoms with Gasteiger partial charge in [0, 0.05) is 42.2 Å². The Labute approximate surface area is 227 Å². The van der Waals surface area contributed by atoms with E-state index in [0.29, 0.717) is 16.8 Å². The average Bonchev–Trinajstić information content (AvgIpc) is 2.89. The van der Waals surface area contributed by atoms with Gasteiger partial charge in [0.25, 0.3) is 5.91 Å². The molecule has 0 bridgehead atoms. The molecule has 0 aliphatic heterocycles. The molecule has 6 N–H and O–H groups in total. The molecule has 1 aromatic heterocycles. The number of hydrogen-bond donors (Lipinski definition) is 5. The van der Waals surface area contributed by atoms with Crippen LogP contribution in [0.5, 0.6) is 0 Å². The zero-order valence-electron chi connectivity index (χ0n) is 20.8. The van der Waals surface area contributed by atoms with Crippen LogP contribution < -0.4 is 16.4 Å². The Hall–Kier alpha value is -3.87. The number of pyridine rings is 1. The number of aliphatic hydroxyl groups is 2. The van der Waals surface area contributed by atoms with E-state index >= 15 is 0 Å². The number of benzene rings is 2. The van der Waals surface area contributed by atoms with E-state index in [9.17, 15) is 18.2 Å². The van der Waals surface area contributed by atoms with Crippen LogP contribution in [-0.4, -0.2) is 56.1 Å². The minimum absolute atomic E-state index is 0. The number of rotatable bonds is 10. The third-order valence-electron chi connectivity index (χ3n) is 5.48. The maximum Gasteiger partial charge on any atom is 0.323 e. The molecule has 12 heteroatoms. The van der Waals surface area contributed by atoms with Crippen molar-refractivity contribution in [1.82, 2.24) is 4.98 Å². The van der Waals surface area contributed by atoms with Gasteiger partial charge < -0.3 is 26.6 Å². The fraction of sp³-hybridized carbons (Fsp3) is 0.296. The Morgan fingerprint density at radius 3 is 2.28 bits per heavy atom. The van der Waals surface area contributed by atoms with Gasteiger partial charge in [-0.1, -0.05) is 25.6 Å². The summed E-state index contributed by atoms with van der Waals surface area (Å²) >= 11 is 0. The lowest BCUT2D eigenvalue weighted by atomic mass is 10.0. The zero-order chi connectivity index (χ0) is 27.7. The summed E-state index contributed by atoms with van der Waals surface area (Å²) in [6.07, 6.45) is 1.67. The van der Waals surface area contributed by atoms with Gasteiger partial charge in [-0.2, -0.15) is 4.36 Å². The number of urea groups is 1. The van der Waals surface area contributed by atoms with E-state index in [-0.39, 0.29) is 62.1 Å². The topological polar surface area (TPSA) is 167 Å². The van der Waals surface area contributed by atoms with Gasteiger partial charge in [0.2, 0.25) is 0 Å². The van der Waals surface area contributed by atoms with Gasteiger partial charge in [-0.05, 0) is 61.2 Å². The van der Waals surface area contributed by atoms with Crippen LogP contribution in [0, 0.1) is 12.7 Å². The van der Waals surface area contributed by atoms with E-state index in [2.05, 4.69) is 20.0 Å². The van der Waals surface area contributed by atoms with E-state index in [1.54, 1.807) is 37.3 Å². The first-order valence-corrected chi connectivity index (χ1v) is 13.7. The van der Waals surface area contributed by atoms with Crippen LogP contribution in [0.3, 0.4) is 0 Å². The van der Waals surface area contributed by atoms with Crippen LogP contribution in [0.4, 0.5) is 26.4 Å². The van der Waals surface area contributed by atoms with Crippen molar-refractivity contribution < 1.29 is 28.4 Å². The molecule has 3 rings (SSSR count). The molecule has 0 atom stereocenters. The summed E-state index contributed by atoms with van der Waals surface area (Å²) in [5.41, 5.74) is 8.42. The maximum absolute atomic E-state index is 13.9. The van der Waals surface area contributed by atoms with Crippen molar-refractivity contribution in [3.63, 3.8) is 0 Å². The van der Waals surface area contributed by atoms with Crippen molar-refractivity contribution in [3.05, 3.63) is 71.7 Å². The zero-order valence-corrected chi connectivity index (χ0v) is 21.6. The molecule has 0 fully saturated rings. The molecular formula is C27H34FN5O5S. The quantitative estimate of drug-likeness (QED) is 0.245. The first-order chi connectivity index (χ1) is 18.1. The highest BCUT2D eigenvalue weighted by atomic mass is 32.2. The van der Waals surface area contributed by atoms with Crippen molar-refractivity contribution in [3.8, 4) is 11.1 Å². The smallest absolute Gasteiger partial charge is 0.323 e. The second-order valence-corrected chi connectivity index (χ2v) is 11.1. The first-order valence-electron chi connectivity index (χ1n) is 11.8. The second-order valence-electron chi connectivity index (χ2n) is 8.53. The number of amides is 3. The molecule has 0 unspecified atom stereocenters. The predicted octanol–water partition coefficient (Wildman–Crippen LogP) is 4.43. The average molecular weight is 560 g/mol. The largest absolute Gasteiger partial charge is 0.396 e. The summed E-state index contributed by atoms with van der Waals surface area (Å²) in [4.78, 5) is 29.2. The molecule has 0 radical (unpaired) electrons. The van der Waals surface area contributed by atoms with E-state index in [4.69, 9.17) is 15.9 Å². The third kappa shape index (κ3) is 8.84. The molecule has 0 aliphatic carbocycles. The number of aliphatic hydroxyl groups excluding tert-OH is 2. The number of carbonyl (C=O) groups excluding carboxylic acids is 2. The van der Waals surface area contributed by atoms with Gasteiger partial charge in [0.1, 0.15) is 11.6 Å². The van der Waals surface area contributed by atoms with Crippen molar-refractivity contribution in [1.29, 1.82) is 0 Å². The minimum atomic E-state index is -2.97. The number of anilines is 3. The fourth-order valence-corrected chi connectivity index (χ4v) is 5.51. The maximum atomic E-state index is 13.9. The van der Waals surface area contributed by atoms with Crippen LogP contribution in [-0.2, 0) is 9.73 Å². The molecule has 3 amide bonds. The van der Waals surface area contributed by atoms with Gasteiger partial charge >= 0.3 is 6.03 Å². The minimum Gasteiger partial charge on any atom is -0.396 e. The molecule has 0 spiro atoms. The van der Waals surface area contributed by atoms with E-state index < -0.39 is 27.5 Å². The van der Waals surface area contributed by atoms with Gasteiger partial charge in [-0.25, -0.2) is 18.4 Å². The van der Waals surface area contributed by atoms with E-state index in [1.807, 2.05) is 0 Å². The number of aryl methyl sites for hydroxylation is 1. The number of halogens is 1. The van der Waals surface area contributed by atoms with E-state index in [0.717, 1.165) is 5.56 Å². The van der Waals surface area contributed by atoms with Crippen molar-refractivity contribution in [2.75, 3.05) is 41.1 Å². The summed E-state index contributed by atoms with van der Waals surface area (Å²) in [6, 6.07) is 11.8. The summed E-state index contributed by atoms with van der Waals surface area (Å²) in [5, 5.41) is 23.3. The number of aromatic nitrogens is 1. The van der Waals surface area contributed by atoms with Crippen LogP contribution in [0.25, 0.3) is 11.1 Å². The third-order valence-corrected chi connectivity index (χ3v) is 7.83. The van der Waals surface area contributed by atoms with Crippen LogP contribution in [0.2, 0.25) is 0 Å². The van der Waals surface area contributed by atoms with Crippen molar-refractivity contribution >= 4 is 38.9 Å². The Balaban J connectivity index is 0.00000533. The molecule has 1 heterocycles. The number of nitrogen functional groups attached to an aromatic ring is 1. The first kappa shape index (κ1) is 31.3. The normalized spacial score (nSPS) is 10.9. The molecule has 39 heavy (non-hydrogen) atoms. The Morgan fingerprint density at radius 2 is 1.67 bits per heavy atom. The van der Waals surface area contributed by atoms with Gasteiger partial charge in [-0.3, -0.25) is 4.79 Å². The van der Waals surface area contributed by atoms with Crippen LogP contribution >= 0.6 is 0 Å².